The van der Waals surface area contributed by atoms with E-state index in [1.54, 1.807) is 0 Å². The zero-order chi connectivity index (χ0) is 29.5. The van der Waals surface area contributed by atoms with Crippen LogP contribution in [0.3, 0.4) is 0 Å². The molecule has 0 saturated heterocycles. The molecule has 0 aromatic carbocycles. The number of hydrogen-bond donors (Lipinski definition) is 0. The lowest BCUT2D eigenvalue weighted by Gasteiger charge is -2.50. The van der Waals surface area contributed by atoms with Crippen LogP contribution in [-0.2, 0) is 0 Å². The van der Waals surface area contributed by atoms with E-state index in [9.17, 15) is 101 Å². The third-order valence-electron chi connectivity index (χ3n) is 4.01. The summed E-state index contributed by atoms with van der Waals surface area (Å²) in [6.07, 6.45) is -34.0. The Morgan fingerprint density at radius 2 is 0.514 bits per heavy atom. The van der Waals surface area contributed by atoms with Crippen LogP contribution in [0.25, 0.3) is 0 Å². The summed E-state index contributed by atoms with van der Waals surface area (Å²) in [5, 5.41) is 0. The van der Waals surface area contributed by atoms with Gasteiger partial charge >= 0.3 is 63.4 Å². The van der Waals surface area contributed by atoms with E-state index in [2.05, 4.69) is 0 Å². The molecule has 0 saturated carbocycles. The molecule has 3 atom stereocenters. The highest BCUT2D eigenvalue weighted by molar-refractivity contribution is 14.1. The third-order valence-corrected chi connectivity index (χ3v) is 5.30. The van der Waals surface area contributed by atoms with Crippen LogP contribution in [0.1, 0.15) is 0 Å². The van der Waals surface area contributed by atoms with Gasteiger partial charge in [-0.1, -0.05) is 0 Å². The second kappa shape index (κ2) is 8.06. The van der Waals surface area contributed by atoms with Gasteiger partial charge in [0.05, 0.1) is 0 Å². The maximum atomic E-state index is 14.2. The minimum Gasteiger partial charge on any atom is -0.220 e. The molecule has 35 heavy (non-hydrogen) atoms. The Kier molecular flexibility index (Phi) is 7.86. The van der Waals surface area contributed by atoms with E-state index in [-0.39, 0.29) is 0 Å². The van der Waals surface area contributed by atoms with Crippen molar-refractivity contribution in [2.24, 2.45) is 0 Å². The van der Waals surface area contributed by atoms with Crippen LogP contribution in [0.15, 0.2) is 0 Å². The summed E-state index contributed by atoms with van der Waals surface area (Å²) in [4.78, 5) is 0. The molecule has 212 valence electrons. The van der Waals surface area contributed by atoms with E-state index in [0.717, 1.165) is 0 Å². The first-order valence-corrected chi connectivity index (χ1v) is 8.11. The molecule has 0 rings (SSSR count). The summed E-state index contributed by atoms with van der Waals surface area (Å²) >= 11 is -1.70. The zero-order valence-corrected chi connectivity index (χ0v) is 16.7. The molecule has 0 aromatic heterocycles. The fourth-order valence-electron chi connectivity index (χ4n) is 2.13. The van der Waals surface area contributed by atoms with Crippen LogP contribution < -0.4 is 0 Å². The van der Waals surface area contributed by atoms with Crippen molar-refractivity contribution in [2.75, 3.05) is 0 Å². The van der Waals surface area contributed by atoms with Crippen molar-refractivity contribution < 1.29 is 101 Å². The summed E-state index contributed by atoms with van der Waals surface area (Å²) in [7, 11) is 0. The fourth-order valence-corrected chi connectivity index (χ4v) is 2.50. The molecule has 0 bridgehead atoms. The van der Waals surface area contributed by atoms with Crippen LogP contribution in [-0.4, -0.2) is 63.4 Å². The van der Waals surface area contributed by atoms with Gasteiger partial charge in [0, 0.05) is 0 Å². The molecular formula is C11F23I. The number of alkyl halides is 24. The quantitative estimate of drug-likeness (QED) is 0.149. The average molecular weight is 696 g/mol. The van der Waals surface area contributed by atoms with E-state index in [4.69, 9.17) is 0 Å². The molecule has 0 nitrogen and oxygen atoms in total. The maximum Gasteiger partial charge on any atom is 0.460 e. The van der Waals surface area contributed by atoms with Gasteiger partial charge in [-0.3, -0.25) is 0 Å². The van der Waals surface area contributed by atoms with Gasteiger partial charge in [-0.05, 0) is 22.6 Å². The number of hydrogen-bond acceptors (Lipinski definition) is 0. The fraction of sp³-hybridized carbons (Fsp3) is 1.00. The predicted molar refractivity (Wildman–Crippen MR) is 69.5 cm³/mol. The molecule has 0 aliphatic heterocycles. The molecule has 0 radical (unpaired) electrons. The van der Waals surface area contributed by atoms with Crippen LogP contribution in [0, 0.1) is 0 Å². The Bertz CT molecular complexity index is 713. The highest BCUT2D eigenvalue weighted by Crippen LogP contribution is 2.71. The highest BCUT2D eigenvalue weighted by atomic mass is 127. The van der Waals surface area contributed by atoms with E-state index in [1.807, 2.05) is 0 Å². The predicted octanol–water partition coefficient (Wildman–Crippen LogP) is 8.29. The first-order valence-electron chi connectivity index (χ1n) is 7.04. The maximum absolute atomic E-state index is 14.2. The Morgan fingerprint density at radius 3 is 0.714 bits per heavy atom. The summed E-state index contributed by atoms with van der Waals surface area (Å²) in [5.74, 6) is -37.0. The van der Waals surface area contributed by atoms with Crippen LogP contribution in [0.2, 0.25) is 0 Å². The van der Waals surface area contributed by atoms with Crippen molar-refractivity contribution in [3.63, 3.8) is 0 Å². The lowest BCUT2D eigenvalue weighted by molar-refractivity contribution is -0.480. The van der Waals surface area contributed by atoms with E-state index in [1.165, 1.54) is 0 Å². The van der Waals surface area contributed by atoms with E-state index < -0.39 is 86.0 Å². The molecule has 3 unspecified atom stereocenters. The number of rotatable bonds is 6. The van der Waals surface area contributed by atoms with Gasteiger partial charge in [0.1, 0.15) is 0 Å². The van der Waals surface area contributed by atoms with Crippen molar-refractivity contribution in [1.29, 1.82) is 0 Å². The first kappa shape index (κ1) is 34.1. The van der Waals surface area contributed by atoms with Crippen molar-refractivity contribution in [2.45, 2.75) is 63.4 Å². The Hall–Kier alpha value is -0.880. The minimum absolute atomic E-state index is 1.70. The van der Waals surface area contributed by atoms with Crippen molar-refractivity contribution in [3.8, 4) is 0 Å². The van der Waals surface area contributed by atoms with Gasteiger partial charge in [0.25, 0.3) is 0 Å². The molecule has 0 fully saturated rings. The second-order valence-corrected chi connectivity index (χ2v) is 7.67. The summed E-state index contributed by atoms with van der Waals surface area (Å²) in [5.41, 5.74) is -19.3. The molecule has 24 heteroatoms. The lowest BCUT2D eigenvalue weighted by atomic mass is 9.73. The van der Waals surface area contributed by atoms with Crippen molar-refractivity contribution in [3.05, 3.63) is 0 Å². The molecule has 0 aliphatic rings. The molecule has 0 heterocycles. The standard InChI is InChI=1S/C11F23I/c12-1(8(23,24)25,4(16,17)6(20,21)10(29,30)31)3(14,15)2(13,9(26,27)28)5(18,19)7(22,35)11(32,33)34. The molecular weight excluding hydrogens is 696 g/mol. The average Bonchev–Trinajstić information content (AvgIpc) is 2.55. The molecule has 0 aliphatic carbocycles. The topological polar surface area (TPSA) is 0 Å². The van der Waals surface area contributed by atoms with Gasteiger partial charge in [-0.25, -0.2) is 13.2 Å². The SMILES string of the molecule is FC(F)(F)C(F)(F)C(F)(F)C(F)(C(F)(F)F)C(F)(F)C(F)(C(F)(F)F)C(F)(F)C(F)(I)C(F)(F)F. The van der Waals surface area contributed by atoms with Crippen molar-refractivity contribution in [1.82, 2.24) is 0 Å². The summed E-state index contributed by atoms with van der Waals surface area (Å²) in [6.45, 7) is 0. The number of halogens is 24. The Morgan fingerprint density at radius 1 is 0.257 bits per heavy atom. The van der Waals surface area contributed by atoms with Crippen molar-refractivity contribution >= 4 is 22.6 Å². The summed E-state index contributed by atoms with van der Waals surface area (Å²) < 4.78 is 292. The zero-order valence-electron chi connectivity index (χ0n) is 14.6. The minimum atomic E-state index is -9.81. The summed E-state index contributed by atoms with van der Waals surface area (Å²) in [6, 6.07) is 0. The monoisotopic (exact) mass is 696 g/mol. The first-order chi connectivity index (χ1) is 14.5. The highest BCUT2D eigenvalue weighted by Gasteiger charge is 3.03. The lowest BCUT2D eigenvalue weighted by Crippen LogP contribution is -2.84. The van der Waals surface area contributed by atoms with Crippen LogP contribution in [0.5, 0.6) is 0 Å². The van der Waals surface area contributed by atoms with Crippen LogP contribution in [0.4, 0.5) is 101 Å². The van der Waals surface area contributed by atoms with Gasteiger partial charge < -0.3 is 0 Å². The largest absolute Gasteiger partial charge is 0.460 e. The second-order valence-electron chi connectivity index (χ2n) is 6.18. The van der Waals surface area contributed by atoms with Gasteiger partial charge in [0.15, 0.2) is 0 Å². The Balaban J connectivity index is 8.07. The normalized spacial score (nSPS) is 21.3. The van der Waals surface area contributed by atoms with Gasteiger partial charge in [-0.2, -0.15) is 87.8 Å². The van der Waals surface area contributed by atoms with E-state index in [0.29, 0.717) is 0 Å². The van der Waals surface area contributed by atoms with Crippen LogP contribution >= 0.6 is 22.6 Å². The molecule has 0 aromatic rings. The third kappa shape index (κ3) is 4.04. The smallest absolute Gasteiger partial charge is 0.220 e. The Labute approximate surface area is 187 Å². The van der Waals surface area contributed by atoms with E-state index >= 15 is 0 Å². The molecule has 0 N–H and O–H groups in total. The molecule has 0 spiro atoms. The molecule has 0 amide bonds. The van der Waals surface area contributed by atoms with Gasteiger partial charge in [-0.15, -0.1) is 0 Å². The van der Waals surface area contributed by atoms with Gasteiger partial charge in [0.2, 0.25) is 0 Å².